The minimum Gasteiger partial charge on any atom is -0.381 e. The maximum atomic E-state index is 13.5. The Morgan fingerprint density at radius 3 is 2.95 bits per heavy atom. The van der Waals surface area contributed by atoms with Crippen LogP contribution in [0.15, 0.2) is 24.3 Å². The van der Waals surface area contributed by atoms with Crippen molar-refractivity contribution in [3.8, 4) is 0 Å². The highest BCUT2D eigenvalue weighted by atomic mass is 19.1. The molecule has 0 saturated carbocycles. The van der Waals surface area contributed by atoms with Crippen LogP contribution < -0.4 is 5.32 Å². The van der Waals surface area contributed by atoms with E-state index in [4.69, 9.17) is 4.74 Å². The molecular weight excluding hydrogens is 259 g/mol. The average Bonchev–Trinajstić information content (AvgIpc) is 2.93. The van der Waals surface area contributed by atoms with E-state index in [1.54, 1.807) is 18.2 Å². The summed E-state index contributed by atoms with van der Waals surface area (Å²) < 4.78 is 18.8. The summed E-state index contributed by atoms with van der Waals surface area (Å²) in [6.07, 6.45) is 1.05. The Morgan fingerprint density at radius 2 is 2.30 bits per heavy atom. The minimum absolute atomic E-state index is 0.184. The lowest BCUT2D eigenvalue weighted by Crippen LogP contribution is -2.36. The molecule has 1 amide bonds. The van der Waals surface area contributed by atoms with Crippen LogP contribution in [0.1, 0.15) is 13.3 Å². The number of rotatable bonds is 6. The van der Waals surface area contributed by atoms with Crippen LogP contribution in [0.25, 0.3) is 0 Å². The molecule has 5 heteroatoms. The second kappa shape index (κ2) is 7.36. The number of ether oxygens (including phenoxy) is 1. The Labute approximate surface area is 118 Å². The Bertz CT molecular complexity index is 447. The molecule has 20 heavy (non-hydrogen) atoms. The van der Waals surface area contributed by atoms with Crippen molar-refractivity contribution in [1.82, 2.24) is 4.90 Å². The van der Waals surface area contributed by atoms with Gasteiger partial charge in [-0.3, -0.25) is 9.69 Å². The topological polar surface area (TPSA) is 41.6 Å². The first-order valence-electron chi connectivity index (χ1n) is 7.03. The number of halogens is 1. The summed E-state index contributed by atoms with van der Waals surface area (Å²) in [4.78, 5) is 14.0. The van der Waals surface area contributed by atoms with Gasteiger partial charge in [-0.2, -0.15) is 0 Å². The van der Waals surface area contributed by atoms with Gasteiger partial charge in [-0.25, -0.2) is 4.39 Å². The number of nitrogens with zero attached hydrogens (tertiary/aromatic N) is 1. The van der Waals surface area contributed by atoms with E-state index in [1.165, 1.54) is 6.07 Å². The van der Waals surface area contributed by atoms with Crippen molar-refractivity contribution in [3.05, 3.63) is 30.1 Å². The van der Waals surface area contributed by atoms with Crippen LogP contribution in [0.5, 0.6) is 0 Å². The standard InChI is InChI=1S/C15H21FN2O2/c1-2-18(9-12-7-8-20-11-12)10-15(19)17-14-6-4-3-5-13(14)16/h3-6,12H,2,7-11H2,1H3,(H,17,19). The Kier molecular flexibility index (Phi) is 5.49. The number of para-hydroxylation sites is 1. The van der Waals surface area contributed by atoms with Crippen LogP contribution in [-0.4, -0.2) is 43.7 Å². The van der Waals surface area contributed by atoms with Gasteiger partial charge in [0.2, 0.25) is 5.91 Å². The van der Waals surface area contributed by atoms with Crippen LogP contribution in [0.2, 0.25) is 0 Å². The molecule has 1 aliphatic heterocycles. The first kappa shape index (κ1) is 14.9. The zero-order chi connectivity index (χ0) is 14.4. The van der Waals surface area contributed by atoms with Gasteiger partial charge in [0.25, 0.3) is 0 Å². The molecule has 4 nitrogen and oxygen atoms in total. The molecule has 110 valence electrons. The zero-order valence-electron chi connectivity index (χ0n) is 11.8. The summed E-state index contributed by atoms with van der Waals surface area (Å²) in [6, 6.07) is 6.20. The van der Waals surface area contributed by atoms with Crippen molar-refractivity contribution in [3.63, 3.8) is 0 Å². The predicted octanol–water partition coefficient (Wildman–Crippen LogP) is 2.12. The number of carbonyl (C=O) groups excluding carboxylic acids is 1. The van der Waals surface area contributed by atoms with E-state index in [9.17, 15) is 9.18 Å². The highest BCUT2D eigenvalue weighted by Crippen LogP contribution is 2.15. The average molecular weight is 280 g/mol. The number of likely N-dealkylation sites (N-methyl/N-ethyl adjacent to an activating group) is 1. The summed E-state index contributed by atoms with van der Waals surface area (Å²) in [5, 5.41) is 2.61. The highest BCUT2D eigenvalue weighted by Gasteiger charge is 2.20. The van der Waals surface area contributed by atoms with E-state index in [0.717, 1.165) is 32.7 Å². The Hall–Kier alpha value is -1.46. The van der Waals surface area contributed by atoms with E-state index in [0.29, 0.717) is 5.92 Å². The molecule has 0 aliphatic carbocycles. The molecular formula is C15H21FN2O2. The SMILES string of the molecule is CCN(CC(=O)Nc1ccccc1F)CC1CCOC1. The number of amides is 1. The molecule has 1 aromatic rings. The fraction of sp³-hybridized carbons (Fsp3) is 0.533. The molecule has 0 aromatic heterocycles. The van der Waals surface area contributed by atoms with Crippen molar-refractivity contribution < 1.29 is 13.9 Å². The number of carbonyl (C=O) groups is 1. The molecule has 0 spiro atoms. The third-order valence-corrected chi connectivity index (χ3v) is 3.50. The van der Waals surface area contributed by atoms with Crippen molar-refractivity contribution in [2.75, 3.05) is 38.2 Å². The van der Waals surface area contributed by atoms with Gasteiger partial charge in [-0.05, 0) is 31.0 Å². The lowest BCUT2D eigenvalue weighted by atomic mass is 10.1. The highest BCUT2D eigenvalue weighted by molar-refractivity contribution is 5.92. The zero-order valence-corrected chi connectivity index (χ0v) is 11.8. The number of benzene rings is 1. The Morgan fingerprint density at radius 1 is 1.50 bits per heavy atom. The number of nitrogens with one attached hydrogen (secondary N) is 1. The largest absolute Gasteiger partial charge is 0.381 e. The predicted molar refractivity (Wildman–Crippen MR) is 76.1 cm³/mol. The number of anilines is 1. The monoisotopic (exact) mass is 280 g/mol. The van der Waals surface area contributed by atoms with Gasteiger partial charge in [-0.1, -0.05) is 19.1 Å². The van der Waals surface area contributed by atoms with Crippen LogP contribution in [0.4, 0.5) is 10.1 Å². The van der Waals surface area contributed by atoms with Gasteiger partial charge in [0.15, 0.2) is 0 Å². The molecule has 1 saturated heterocycles. The van der Waals surface area contributed by atoms with Gasteiger partial charge in [-0.15, -0.1) is 0 Å². The third-order valence-electron chi connectivity index (χ3n) is 3.50. The van der Waals surface area contributed by atoms with E-state index in [2.05, 4.69) is 10.2 Å². The van der Waals surface area contributed by atoms with Gasteiger partial charge in [0, 0.05) is 13.2 Å². The van der Waals surface area contributed by atoms with Crippen LogP contribution in [0.3, 0.4) is 0 Å². The van der Waals surface area contributed by atoms with Crippen molar-refractivity contribution in [2.24, 2.45) is 5.92 Å². The van der Waals surface area contributed by atoms with Crippen LogP contribution in [0, 0.1) is 11.7 Å². The number of hydrogen-bond donors (Lipinski definition) is 1. The van der Waals surface area contributed by atoms with Crippen LogP contribution >= 0.6 is 0 Å². The second-order valence-corrected chi connectivity index (χ2v) is 5.09. The second-order valence-electron chi connectivity index (χ2n) is 5.09. The summed E-state index contributed by atoms with van der Waals surface area (Å²) in [7, 11) is 0. The summed E-state index contributed by atoms with van der Waals surface area (Å²) >= 11 is 0. The quantitative estimate of drug-likeness (QED) is 0.868. The molecule has 1 heterocycles. The van der Waals surface area contributed by atoms with Gasteiger partial charge < -0.3 is 10.1 Å². The fourth-order valence-corrected chi connectivity index (χ4v) is 2.35. The number of hydrogen-bond acceptors (Lipinski definition) is 3. The normalized spacial score (nSPS) is 18.4. The minimum atomic E-state index is -0.409. The molecule has 0 bridgehead atoms. The van der Waals surface area contributed by atoms with Gasteiger partial charge >= 0.3 is 0 Å². The summed E-state index contributed by atoms with van der Waals surface area (Å²) in [5.41, 5.74) is 0.234. The first-order valence-corrected chi connectivity index (χ1v) is 7.03. The van der Waals surface area contributed by atoms with Crippen molar-refractivity contribution in [2.45, 2.75) is 13.3 Å². The van der Waals surface area contributed by atoms with Crippen molar-refractivity contribution >= 4 is 11.6 Å². The molecule has 0 radical (unpaired) electrons. The molecule has 2 rings (SSSR count). The molecule has 1 unspecified atom stereocenters. The lowest BCUT2D eigenvalue weighted by Gasteiger charge is -2.22. The van der Waals surface area contributed by atoms with Gasteiger partial charge in [0.1, 0.15) is 5.82 Å². The van der Waals surface area contributed by atoms with Crippen LogP contribution in [-0.2, 0) is 9.53 Å². The summed E-state index contributed by atoms with van der Waals surface area (Å²) in [5.74, 6) is -0.0971. The molecule has 1 N–H and O–H groups in total. The van der Waals surface area contributed by atoms with Crippen molar-refractivity contribution in [1.29, 1.82) is 0 Å². The van der Waals surface area contributed by atoms with E-state index in [-0.39, 0.29) is 18.1 Å². The van der Waals surface area contributed by atoms with E-state index in [1.807, 2.05) is 6.92 Å². The Balaban J connectivity index is 1.84. The third kappa shape index (κ3) is 4.28. The van der Waals surface area contributed by atoms with E-state index < -0.39 is 5.82 Å². The molecule has 1 atom stereocenters. The maximum absolute atomic E-state index is 13.5. The first-order chi connectivity index (χ1) is 9.69. The molecule has 1 aromatic carbocycles. The maximum Gasteiger partial charge on any atom is 0.238 e. The fourth-order valence-electron chi connectivity index (χ4n) is 2.35. The van der Waals surface area contributed by atoms with E-state index >= 15 is 0 Å². The summed E-state index contributed by atoms with van der Waals surface area (Å²) in [6.45, 7) is 5.52. The van der Waals surface area contributed by atoms with Gasteiger partial charge in [0.05, 0.1) is 18.8 Å². The molecule has 1 fully saturated rings. The lowest BCUT2D eigenvalue weighted by molar-refractivity contribution is -0.117. The smallest absolute Gasteiger partial charge is 0.238 e. The molecule has 1 aliphatic rings.